The number of likely N-dealkylation sites (tertiary alicyclic amines) is 1. The molecule has 0 aliphatic carbocycles. The Morgan fingerprint density at radius 3 is 2.48 bits per heavy atom. The highest BCUT2D eigenvalue weighted by Gasteiger charge is 2.34. The minimum atomic E-state index is -0.193. The second-order valence-electron chi connectivity index (χ2n) is 6.56. The molecule has 3 rings (SSSR count). The average molecular weight is 405 g/mol. The Labute approximate surface area is 169 Å². The number of thiocarbonyl (C=S) groups is 1. The number of amides is 2. The van der Waals surface area contributed by atoms with Crippen LogP contribution in [0.25, 0.3) is 6.08 Å². The molecular formula is C20H24N2O3S2. The molecule has 0 aromatic heterocycles. The van der Waals surface area contributed by atoms with Gasteiger partial charge < -0.3 is 9.64 Å². The molecule has 0 bridgehead atoms. The molecule has 1 aromatic rings. The number of rotatable bonds is 5. The third-order valence-electron chi connectivity index (χ3n) is 4.61. The first kappa shape index (κ1) is 19.9. The highest BCUT2D eigenvalue weighted by Crippen LogP contribution is 2.32. The van der Waals surface area contributed by atoms with Crippen molar-refractivity contribution in [2.24, 2.45) is 0 Å². The van der Waals surface area contributed by atoms with E-state index in [1.54, 1.807) is 0 Å². The van der Waals surface area contributed by atoms with Crippen molar-refractivity contribution in [3.63, 3.8) is 0 Å². The van der Waals surface area contributed by atoms with Gasteiger partial charge in [-0.1, -0.05) is 49.0 Å². The Morgan fingerprint density at radius 2 is 1.85 bits per heavy atom. The smallest absolute Gasteiger partial charge is 0.266 e. The van der Waals surface area contributed by atoms with E-state index in [9.17, 15) is 9.59 Å². The lowest BCUT2D eigenvalue weighted by Crippen LogP contribution is -2.42. The minimum absolute atomic E-state index is 0.0180. The summed E-state index contributed by atoms with van der Waals surface area (Å²) in [6.45, 7) is 4.13. The second-order valence-corrected chi connectivity index (χ2v) is 8.24. The monoisotopic (exact) mass is 404 g/mol. The van der Waals surface area contributed by atoms with Crippen LogP contribution in [0.15, 0.2) is 29.2 Å². The Hall–Kier alpha value is -1.86. The van der Waals surface area contributed by atoms with Gasteiger partial charge in [-0.2, -0.15) is 0 Å². The van der Waals surface area contributed by atoms with Gasteiger partial charge in [0.15, 0.2) is 0 Å². The average Bonchev–Trinajstić information content (AvgIpc) is 2.87. The van der Waals surface area contributed by atoms with Crippen LogP contribution in [0.5, 0.6) is 5.75 Å². The van der Waals surface area contributed by atoms with Crippen LogP contribution >= 0.6 is 24.0 Å². The number of benzene rings is 1. The standard InChI is InChI=1S/C20H24N2O3S2/c1-2-25-16-9-7-15(8-10-16)13-17-19(24)22(20(26)27-17)14-18(23)21-11-5-3-4-6-12-21/h7-10,13H,2-6,11-12,14H2,1H3/b17-13-. The van der Waals surface area contributed by atoms with Crippen LogP contribution in [-0.4, -0.2) is 52.2 Å². The van der Waals surface area contributed by atoms with E-state index in [4.69, 9.17) is 17.0 Å². The van der Waals surface area contributed by atoms with Crippen LogP contribution in [-0.2, 0) is 9.59 Å². The van der Waals surface area contributed by atoms with Crippen molar-refractivity contribution in [2.45, 2.75) is 32.6 Å². The Bertz CT molecular complexity index is 738. The maximum absolute atomic E-state index is 12.7. The van der Waals surface area contributed by atoms with E-state index in [0.717, 1.165) is 50.1 Å². The van der Waals surface area contributed by atoms with E-state index >= 15 is 0 Å². The predicted octanol–water partition coefficient (Wildman–Crippen LogP) is 3.69. The van der Waals surface area contributed by atoms with Gasteiger partial charge in [-0.15, -0.1) is 0 Å². The molecule has 2 aliphatic rings. The van der Waals surface area contributed by atoms with Crippen LogP contribution in [0, 0.1) is 0 Å². The second kappa shape index (κ2) is 9.37. The van der Waals surface area contributed by atoms with Gasteiger partial charge in [-0.05, 0) is 43.5 Å². The van der Waals surface area contributed by atoms with Crippen molar-refractivity contribution in [3.05, 3.63) is 34.7 Å². The zero-order valence-corrected chi connectivity index (χ0v) is 17.1. The Kier molecular flexibility index (Phi) is 6.90. The molecule has 0 radical (unpaired) electrons. The third kappa shape index (κ3) is 5.11. The summed E-state index contributed by atoms with van der Waals surface area (Å²) < 4.78 is 5.88. The van der Waals surface area contributed by atoms with Crippen LogP contribution < -0.4 is 4.74 Å². The first-order valence-corrected chi connectivity index (χ1v) is 10.6. The normalized spacial score (nSPS) is 19.5. The molecular weight excluding hydrogens is 380 g/mol. The van der Waals surface area contributed by atoms with E-state index in [1.807, 2.05) is 42.2 Å². The Morgan fingerprint density at radius 1 is 1.19 bits per heavy atom. The predicted molar refractivity (Wildman–Crippen MR) is 113 cm³/mol. The van der Waals surface area contributed by atoms with Crippen molar-refractivity contribution in [1.29, 1.82) is 0 Å². The molecule has 2 aliphatic heterocycles. The quantitative estimate of drug-likeness (QED) is 0.553. The highest BCUT2D eigenvalue weighted by molar-refractivity contribution is 8.26. The molecule has 27 heavy (non-hydrogen) atoms. The van der Waals surface area contributed by atoms with E-state index in [1.165, 1.54) is 16.7 Å². The van der Waals surface area contributed by atoms with Gasteiger partial charge in [0.25, 0.3) is 5.91 Å². The van der Waals surface area contributed by atoms with Gasteiger partial charge in [0.1, 0.15) is 16.6 Å². The molecule has 7 heteroatoms. The molecule has 0 saturated carbocycles. The zero-order chi connectivity index (χ0) is 19.2. The summed E-state index contributed by atoms with van der Waals surface area (Å²) in [6, 6.07) is 7.55. The summed E-state index contributed by atoms with van der Waals surface area (Å²) in [5, 5.41) is 0. The molecule has 5 nitrogen and oxygen atoms in total. The Balaban J connectivity index is 1.66. The zero-order valence-electron chi connectivity index (χ0n) is 15.5. The van der Waals surface area contributed by atoms with Crippen molar-refractivity contribution in [2.75, 3.05) is 26.2 Å². The first-order chi connectivity index (χ1) is 13.1. The molecule has 2 amide bonds. The summed E-state index contributed by atoms with van der Waals surface area (Å²) in [6.07, 6.45) is 6.19. The summed E-state index contributed by atoms with van der Waals surface area (Å²) in [5.74, 6) is 0.586. The van der Waals surface area contributed by atoms with Gasteiger partial charge in [-0.25, -0.2) is 0 Å². The number of thioether (sulfide) groups is 1. The number of hydrogen-bond donors (Lipinski definition) is 0. The molecule has 0 unspecified atom stereocenters. The lowest BCUT2D eigenvalue weighted by molar-refractivity contribution is -0.135. The van der Waals surface area contributed by atoms with E-state index in [0.29, 0.717) is 15.8 Å². The SMILES string of the molecule is CCOc1ccc(/C=C2\SC(=S)N(CC(=O)N3CCCCCC3)C2=O)cc1. The van der Waals surface area contributed by atoms with Gasteiger partial charge in [0.05, 0.1) is 11.5 Å². The molecule has 144 valence electrons. The van der Waals surface area contributed by atoms with E-state index in [2.05, 4.69) is 0 Å². The van der Waals surface area contributed by atoms with Crippen LogP contribution in [0.2, 0.25) is 0 Å². The molecule has 2 heterocycles. The third-order valence-corrected chi connectivity index (χ3v) is 5.99. The molecule has 0 spiro atoms. The van der Waals surface area contributed by atoms with Crippen molar-refractivity contribution < 1.29 is 14.3 Å². The number of carbonyl (C=O) groups is 2. The van der Waals surface area contributed by atoms with Crippen molar-refractivity contribution in [3.8, 4) is 5.75 Å². The van der Waals surface area contributed by atoms with Crippen LogP contribution in [0.1, 0.15) is 38.2 Å². The molecule has 2 saturated heterocycles. The topological polar surface area (TPSA) is 49.9 Å². The van der Waals surface area contributed by atoms with E-state index in [-0.39, 0.29) is 18.4 Å². The fraction of sp³-hybridized carbons (Fsp3) is 0.450. The number of carbonyl (C=O) groups excluding carboxylic acids is 2. The first-order valence-electron chi connectivity index (χ1n) is 9.34. The summed E-state index contributed by atoms with van der Waals surface area (Å²) in [5.41, 5.74) is 0.901. The number of hydrogen-bond acceptors (Lipinski definition) is 5. The fourth-order valence-electron chi connectivity index (χ4n) is 3.17. The molecule has 2 fully saturated rings. The van der Waals surface area contributed by atoms with E-state index < -0.39 is 0 Å². The maximum Gasteiger partial charge on any atom is 0.266 e. The van der Waals surface area contributed by atoms with Gasteiger partial charge in [-0.3, -0.25) is 14.5 Å². The molecule has 0 atom stereocenters. The van der Waals surface area contributed by atoms with Gasteiger partial charge in [0.2, 0.25) is 5.91 Å². The number of nitrogens with zero attached hydrogens (tertiary/aromatic N) is 2. The van der Waals surface area contributed by atoms with Crippen LogP contribution in [0.4, 0.5) is 0 Å². The van der Waals surface area contributed by atoms with Crippen LogP contribution in [0.3, 0.4) is 0 Å². The molecule has 1 aromatic carbocycles. The maximum atomic E-state index is 12.7. The fourth-order valence-corrected chi connectivity index (χ4v) is 4.43. The van der Waals surface area contributed by atoms with Gasteiger partial charge in [0, 0.05) is 13.1 Å². The lowest BCUT2D eigenvalue weighted by Gasteiger charge is -2.23. The van der Waals surface area contributed by atoms with Crippen molar-refractivity contribution >= 4 is 46.2 Å². The lowest BCUT2D eigenvalue weighted by atomic mass is 10.2. The summed E-state index contributed by atoms with van der Waals surface area (Å²) in [7, 11) is 0. The molecule has 0 N–H and O–H groups in total. The summed E-state index contributed by atoms with van der Waals surface area (Å²) in [4.78, 5) is 29.2. The van der Waals surface area contributed by atoms with Gasteiger partial charge >= 0.3 is 0 Å². The van der Waals surface area contributed by atoms with Crippen molar-refractivity contribution in [1.82, 2.24) is 9.80 Å². The summed E-state index contributed by atoms with van der Waals surface area (Å²) >= 11 is 6.60. The highest BCUT2D eigenvalue weighted by atomic mass is 32.2. The minimum Gasteiger partial charge on any atom is -0.494 e. The number of ether oxygens (including phenoxy) is 1. The largest absolute Gasteiger partial charge is 0.494 e.